The molecule has 0 saturated carbocycles. The van der Waals surface area contributed by atoms with E-state index in [0.717, 1.165) is 0 Å². The molecule has 0 bridgehead atoms. The Morgan fingerprint density at radius 2 is 2.08 bits per heavy atom. The summed E-state index contributed by atoms with van der Waals surface area (Å²) in [5.74, 6) is -0.0546. The van der Waals surface area contributed by atoms with Gasteiger partial charge in [-0.05, 0) is 6.07 Å². The van der Waals surface area contributed by atoms with E-state index in [-0.39, 0.29) is 23.8 Å². The molecule has 0 spiro atoms. The molecule has 0 heterocycles. The second kappa shape index (κ2) is 3.13. The van der Waals surface area contributed by atoms with Gasteiger partial charge in [0.15, 0.2) is 0 Å². The van der Waals surface area contributed by atoms with Crippen molar-refractivity contribution in [3.05, 3.63) is 23.8 Å². The zero-order chi connectivity index (χ0) is 9.14. The Bertz CT molecular complexity index is 310. The number of nitrogens with one attached hydrogen (secondary N) is 1. The van der Waals surface area contributed by atoms with Gasteiger partial charge in [-0.3, -0.25) is 5.41 Å². The molecule has 64 valence electrons. The van der Waals surface area contributed by atoms with Gasteiger partial charge in [0.1, 0.15) is 11.5 Å². The number of phenolic OH excluding ortho intramolecular Hbond substituents is 2. The molecule has 0 unspecified atom stereocenters. The fourth-order valence-electron chi connectivity index (χ4n) is 0.907. The van der Waals surface area contributed by atoms with Crippen LogP contribution in [0.5, 0.6) is 11.5 Å². The standard InChI is InChI=1S/C8H10N2O2/c9-8(10)3-5-1-2-6(11)4-7(5)12/h1-2,4,11-12H,3H2,(H3,9,10). The van der Waals surface area contributed by atoms with Crippen LogP contribution in [0.25, 0.3) is 0 Å². The van der Waals surface area contributed by atoms with E-state index in [1.54, 1.807) is 0 Å². The minimum absolute atomic E-state index is 0.000183. The first-order valence-corrected chi connectivity index (χ1v) is 3.43. The maximum absolute atomic E-state index is 9.23. The highest BCUT2D eigenvalue weighted by atomic mass is 16.3. The van der Waals surface area contributed by atoms with Crippen molar-refractivity contribution in [2.45, 2.75) is 6.42 Å². The molecule has 0 amide bonds. The number of hydrogen-bond acceptors (Lipinski definition) is 3. The Morgan fingerprint density at radius 1 is 1.42 bits per heavy atom. The number of hydrogen-bond donors (Lipinski definition) is 4. The van der Waals surface area contributed by atoms with Crippen molar-refractivity contribution in [1.29, 1.82) is 5.41 Å². The largest absolute Gasteiger partial charge is 0.508 e. The molecule has 5 N–H and O–H groups in total. The average Bonchev–Trinajstić information content (AvgIpc) is 1.94. The fourth-order valence-corrected chi connectivity index (χ4v) is 0.907. The predicted molar refractivity (Wildman–Crippen MR) is 45.4 cm³/mol. The lowest BCUT2D eigenvalue weighted by molar-refractivity contribution is 0.447. The second-order valence-electron chi connectivity index (χ2n) is 2.52. The van der Waals surface area contributed by atoms with Crippen molar-refractivity contribution < 1.29 is 10.2 Å². The van der Waals surface area contributed by atoms with Gasteiger partial charge in [0.05, 0.1) is 5.84 Å². The number of rotatable bonds is 2. The van der Waals surface area contributed by atoms with E-state index in [1.165, 1.54) is 18.2 Å². The SMILES string of the molecule is N=C(N)Cc1ccc(O)cc1O. The van der Waals surface area contributed by atoms with Crippen LogP contribution >= 0.6 is 0 Å². The van der Waals surface area contributed by atoms with E-state index in [9.17, 15) is 5.11 Å². The lowest BCUT2D eigenvalue weighted by atomic mass is 10.1. The van der Waals surface area contributed by atoms with Gasteiger partial charge >= 0.3 is 0 Å². The summed E-state index contributed by atoms with van der Waals surface area (Å²) < 4.78 is 0. The molecule has 0 aliphatic heterocycles. The first-order valence-electron chi connectivity index (χ1n) is 3.43. The van der Waals surface area contributed by atoms with Crippen molar-refractivity contribution >= 4 is 5.84 Å². The zero-order valence-corrected chi connectivity index (χ0v) is 6.41. The molecule has 0 aromatic heterocycles. The monoisotopic (exact) mass is 166 g/mol. The fraction of sp³-hybridized carbons (Fsp3) is 0.125. The van der Waals surface area contributed by atoms with Crippen molar-refractivity contribution in [2.24, 2.45) is 5.73 Å². The summed E-state index contributed by atoms with van der Waals surface area (Å²) in [5, 5.41) is 25.1. The van der Waals surface area contributed by atoms with E-state index >= 15 is 0 Å². The van der Waals surface area contributed by atoms with Gasteiger partial charge in [-0.1, -0.05) is 6.07 Å². The number of benzene rings is 1. The van der Waals surface area contributed by atoms with Crippen molar-refractivity contribution in [3.8, 4) is 11.5 Å². The second-order valence-corrected chi connectivity index (χ2v) is 2.52. The first kappa shape index (κ1) is 8.39. The van der Waals surface area contributed by atoms with Crippen LogP contribution < -0.4 is 5.73 Å². The molecule has 4 heteroatoms. The Morgan fingerprint density at radius 3 is 2.58 bits per heavy atom. The summed E-state index contributed by atoms with van der Waals surface area (Å²) in [6, 6.07) is 4.20. The Labute approximate surface area is 69.8 Å². The minimum atomic E-state index is -0.0369. The normalized spacial score (nSPS) is 9.67. The van der Waals surface area contributed by atoms with Gasteiger partial charge in [-0.25, -0.2) is 0 Å². The number of phenols is 2. The Kier molecular flexibility index (Phi) is 2.19. The Hall–Kier alpha value is -1.71. The highest BCUT2D eigenvalue weighted by molar-refractivity contribution is 5.80. The number of nitrogens with two attached hydrogens (primary N) is 1. The smallest absolute Gasteiger partial charge is 0.122 e. The molecular formula is C8H10N2O2. The van der Waals surface area contributed by atoms with Crippen molar-refractivity contribution in [2.75, 3.05) is 0 Å². The molecule has 0 radical (unpaired) electrons. The van der Waals surface area contributed by atoms with E-state index in [4.69, 9.17) is 16.2 Å². The molecule has 12 heavy (non-hydrogen) atoms. The van der Waals surface area contributed by atoms with Gasteiger partial charge in [0, 0.05) is 18.1 Å². The van der Waals surface area contributed by atoms with Crippen LogP contribution in [0.3, 0.4) is 0 Å². The van der Waals surface area contributed by atoms with Crippen LogP contribution in [0.15, 0.2) is 18.2 Å². The molecule has 1 aromatic carbocycles. The summed E-state index contributed by atoms with van der Waals surface area (Å²) in [6.07, 6.45) is 0.201. The molecule has 1 aromatic rings. The summed E-state index contributed by atoms with van der Waals surface area (Å²) in [7, 11) is 0. The van der Waals surface area contributed by atoms with Crippen LogP contribution in [-0.4, -0.2) is 16.0 Å². The third kappa shape index (κ3) is 1.88. The molecular weight excluding hydrogens is 156 g/mol. The number of amidine groups is 1. The predicted octanol–water partition coefficient (Wildman–Crippen LogP) is 0.576. The van der Waals surface area contributed by atoms with E-state index in [1.807, 2.05) is 0 Å². The minimum Gasteiger partial charge on any atom is -0.508 e. The van der Waals surface area contributed by atoms with Gasteiger partial charge in [0.25, 0.3) is 0 Å². The third-order valence-corrected chi connectivity index (χ3v) is 1.45. The summed E-state index contributed by atoms with van der Waals surface area (Å²) in [6.45, 7) is 0. The van der Waals surface area contributed by atoms with E-state index in [0.29, 0.717) is 5.56 Å². The van der Waals surface area contributed by atoms with Crippen molar-refractivity contribution in [1.82, 2.24) is 0 Å². The zero-order valence-electron chi connectivity index (χ0n) is 6.41. The van der Waals surface area contributed by atoms with E-state index in [2.05, 4.69) is 0 Å². The highest BCUT2D eigenvalue weighted by Crippen LogP contribution is 2.22. The van der Waals surface area contributed by atoms with E-state index < -0.39 is 0 Å². The molecule has 0 fully saturated rings. The van der Waals surface area contributed by atoms with Crippen LogP contribution in [0.1, 0.15) is 5.56 Å². The van der Waals surface area contributed by atoms with Crippen LogP contribution in [0, 0.1) is 5.41 Å². The average molecular weight is 166 g/mol. The molecule has 0 saturated heterocycles. The topological polar surface area (TPSA) is 90.3 Å². The maximum Gasteiger partial charge on any atom is 0.122 e. The van der Waals surface area contributed by atoms with Crippen LogP contribution in [0.2, 0.25) is 0 Å². The molecule has 0 aliphatic rings. The lowest BCUT2D eigenvalue weighted by Crippen LogP contribution is -2.12. The van der Waals surface area contributed by atoms with Crippen LogP contribution in [-0.2, 0) is 6.42 Å². The molecule has 1 rings (SSSR count). The summed E-state index contributed by atoms with van der Waals surface area (Å²) in [4.78, 5) is 0. The molecule has 0 aliphatic carbocycles. The van der Waals surface area contributed by atoms with Gasteiger partial charge in [-0.15, -0.1) is 0 Å². The van der Waals surface area contributed by atoms with Gasteiger partial charge in [0.2, 0.25) is 0 Å². The maximum atomic E-state index is 9.23. The Balaban J connectivity index is 2.93. The van der Waals surface area contributed by atoms with Gasteiger partial charge in [-0.2, -0.15) is 0 Å². The van der Waals surface area contributed by atoms with Crippen LogP contribution in [0.4, 0.5) is 0 Å². The highest BCUT2D eigenvalue weighted by Gasteiger charge is 2.02. The quantitative estimate of drug-likeness (QED) is 0.382. The van der Waals surface area contributed by atoms with Gasteiger partial charge < -0.3 is 15.9 Å². The summed E-state index contributed by atoms with van der Waals surface area (Å²) in [5.41, 5.74) is 5.68. The third-order valence-electron chi connectivity index (χ3n) is 1.45. The summed E-state index contributed by atoms with van der Waals surface area (Å²) >= 11 is 0. The van der Waals surface area contributed by atoms with Crippen molar-refractivity contribution in [3.63, 3.8) is 0 Å². The first-order chi connectivity index (χ1) is 5.59. The number of aromatic hydroxyl groups is 2. The lowest BCUT2D eigenvalue weighted by Gasteiger charge is -2.02. The molecule has 0 atom stereocenters. The molecule has 4 nitrogen and oxygen atoms in total.